The minimum Gasteiger partial charge on any atom is -0.481 e. The van der Waals surface area contributed by atoms with Crippen LogP contribution in [0.3, 0.4) is 0 Å². The van der Waals surface area contributed by atoms with Gasteiger partial charge in [0, 0.05) is 18.0 Å². The molecule has 0 bridgehead atoms. The summed E-state index contributed by atoms with van der Waals surface area (Å²) in [6.45, 7) is 1.83. The molecule has 2 aromatic rings. The van der Waals surface area contributed by atoms with E-state index in [1.807, 2.05) is 17.5 Å². The van der Waals surface area contributed by atoms with Gasteiger partial charge in [-0.2, -0.15) is 4.31 Å². The van der Waals surface area contributed by atoms with Gasteiger partial charge in [-0.05, 0) is 43.4 Å². The SMILES string of the molecule is Cc1noc(/C=C/c2cccs2)c1S(=O)(=O)N1CCC[C@@H](C(=O)O)C1. The zero-order valence-corrected chi connectivity index (χ0v) is 15.2. The minimum atomic E-state index is -3.87. The molecule has 1 aliphatic heterocycles. The fourth-order valence-electron chi connectivity index (χ4n) is 2.83. The third-order valence-electron chi connectivity index (χ3n) is 4.11. The second-order valence-corrected chi connectivity index (χ2v) is 8.70. The molecule has 1 fully saturated rings. The van der Waals surface area contributed by atoms with E-state index in [4.69, 9.17) is 4.52 Å². The molecule has 0 aliphatic carbocycles. The van der Waals surface area contributed by atoms with Gasteiger partial charge in [0.2, 0.25) is 10.0 Å². The summed E-state index contributed by atoms with van der Waals surface area (Å²) in [5.74, 6) is -1.50. The number of thiophene rings is 1. The summed E-state index contributed by atoms with van der Waals surface area (Å²) in [5, 5.41) is 14.9. The summed E-state index contributed by atoms with van der Waals surface area (Å²) in [4.78, 5) is 12.2. The molecule has 9 heteroatoms. The normalized spacial score (nSPS) is 19.5. The lowest BCUT2D eigenvalue weighted by Gasteiger charge is -2.29. The summed E-state index contributed by atoms with van der Waals surface area (Å²) in [6.07, 6.45) is 4.34. The van der Waals surface area contributed by atoms with Gasteiger partial charge in [-0.3, -0.25) is 4.79 Å². The Morgan fingerprint density at radius 3 is 2.96 bits per heavy atom. The van der Waals surface area contributed by atoms with Crippen LogP contribution < -0.4 is 0 Å². The Balaban J connectivity index is 1.92. The first-order chi connectivity index (χ1) is 11.9. The van der Waals surface area contributed by atoms with Crippen LogP contribution in [-0.4, -0.2) is 42.0 Å². The lowest BCUT2D eigenvalue weighted by atomic mass is 10.0. The van der Waals surface area contributed by atoms with E-state index in [2.05, 4.69) is 5.16 Å². The van der Waals surface area contributed by atoms with E-state index in [0.717, 1.165) is 4.88 Å². The first kappa shape index (κ1) is 17.8. The van der Waals surface area contributed by atoms with E-state index in [0.29, 0.717) is 19.4 Å². The van der Waals surface area contributed by atoms with Crippen molar-refractivity contribution in [1.82, 2.24) is 9.46 Å². The van der Waals surface area contributed by atoms with Crippen molar-refractivity contribution in [3.8, 4) is 0 Å². The van der Waals surface area contributed by atoms with Crippen LogP contribution in [-0.2, 0) is 14.8 Å². The lowest BCUT2D eigenvalue weighted by Crippen LogP contribution is -2.42. The molecule has 1 saturated heterocycles. The molecule has 3 heterocycles. The van der Waals surface area contributed by atoms with Gasteiger partial charge < -0.3 is 9.63 Å². The topological polar surface area (TPSA) is 101 Å². The van der Waals surface area contributed by atoms with Crippen LogP contribution in [0.2, 0.25) is 0 Å². The molecular formula is C16H18N2O5S2. The van der Waals surface area contributed by atoms with E-state index in [-0.39, 0.29) is 22.9 Å². The highest BCUT2D eigenvalue weighted by atomic mass is 32.2. The number of hydrogen-bond donors (Lipinski definition) is 1. The maximum atomic E-state index is 13.0. The van der Waals surface area contributed by atoms with Crippen molar-refractivity contribution in [2.45, 2.75) is 24.7 Å². The van der Waals surface area contributed by atoms with E-state index in [1.165, 1.54) is 15.6 Å². The molecule has 0 spiro atoms. The van der Waals surface area contributed by atoms with E-state index >= 15 is 0 Å². The summed E-state index contributed by atoms with van der Waals surface area (Å²) in [7, 11) is -3.87. The number of rotatable bonds is 5. The smallest absolute Gasteiger partial charge is 0.307 e. The molecular weight excluding hydrogens is 364 g/mol. The van der Waals surface area contributed by atoms with Crippen LogP contribution >= 0.6 is 11.3 Å². The summed E-state index contributed by atoms with van der Waals surface area (Å²) in [5.41, 5.74) is 0.267. The standard InChI is InChI=1S/C16H18N2O5S2/c1-11-15(14(23-17-11)7-6-13-5-3-9-24-13)25(21,22)18-8-2-4-12(10-18)16(19)20/h3,5-7,9,12H,2,4,8,10H2,1H3,(H,19,20)/b7-6+/t12-/m1/s1. The minimum absolute atomic E-state index is 0.00587. The van der Waals surface area contributed by atoms with Gasteiger partial charge in [0.1, 0.15) is 5.69 Å². The number of nitrogens with zero attached hydrogens (tertiary/aromatic N) is 2. The van der Waals surface area contributed by atoms with Gasteiger partial charge in [-0.15, -0.1) is 11.3 Å². The molecule has 7 nitrogen and oxygen atoms in total. The summed E-state index contributed by atoms with van der Waals surface area (Å²) >= 11 is 1.52. The number of aromatic nitrogens is 1. The average molecular weight is 382 g/mol. The Labute approximate surface area is 149 Å². The number of aliphatic carboxylic acids is 1. The number of carbonyl (C=O) groups is 1. The van der Waals surface area contributed by atoms with E-state index < -0.39 is 21.9 Å². The van der Waals surface area contributed by atoms with Crippen LogP contribution in [0.1, 0.15) is 29.2 Å². The third-order valence-corrected chi connectivity index (χ3v) is 6.97. The van der Waals surface area contributed by atoms with Crippen molar-refractivity contribution in [1.29, 1.82) is 0 Å². The van der Waals surface area contributed by atoms with Gasteiger partial charge >= 0.3 is 5.97 Å². The van der Waals surface area contributed by atoms with Gasteiger partial charge in [-0.25, -0.2) is 8.42 Å². The second kappa shape index (κ2) is 7.11. The predicted molar refractivity (Wildman–Crippen MR) is 93.6 cm³/mol. The first-order valence-corrected chi connectivity index (χ1v) is 10.1. The quantitative estimate of drug-likeness (QED) is 0.853. The molecule has 0 amide bonds. The zero-order chi connectivity index (χ0) is 18.0. The maximum Gasteiger partial charge on any atom is 0.307 e. The van der Waals surface area contributed by atoms with Crippen LogP contribution in [0.5, 0.6) is 0 Å². The van der Waals surface area contributed by atoms with Crippen molar-refractivity contribution in [3.63, 3.8) is 0 Å². The Hall–Kier alpha value is -1.97. The van der Waals surface area contributed by atoms with Crippen LogP contribution in [0.15, 0.2) is 26.9 Å². The highest BCUT2D eigenvalue weighted by Gasteiger charge is 2.36. The molecule has 0 radical (unpaired) electrons. The van der Waals surface area contributed by atoms with Crippen LogP contribution in [0.4, 0.5) is 0 Å². The van der Waals surface area contributed by atoms with Crippen LogP contribution in [0.25, 0.3) is 12.2 Å². The number of piperidine rings is 1. The maximum absolute atomic E-state index is 13.0. The number of sulfonamides is 1. The highest BCUT2D eigenvalue weighted by molar-refractivity contribution is 7.89. The Morgan fingerprint density at radius 2 is 2.28 bits per heavy atom. The van der Waals surface area contributed by atoms with E-state index in [9.17, 15) is 18.3 Å². The van der Waals surface area contributed by atoms with E-state index in [1.54, 1.807) is 19.1 Å². The predicted octanol–water partition coefficient (Wildman–Crippen LogP) is 2.70. The molecule has 1 aliphatic rings. The Bertz CT molecular complexity index is 884. The number of aryl methyl sites for hydroxylation is 1. The molecule has 25 heavy (non-hydrogen) atoms. The highest BCUT2D eigenvalue weighted by Crippen LogP contribution is 2.29. The van der Waals surface area contributed by atoms with Crippen molar-refractivity contribution in [2.75, 3.05) is 13.1 Å². The summed E-state index contributed by atoms with van der Waals surface area (Å²) < 4.78 is 32.5. The van der Waals surface area contributed by atoms with Crippen molar-refractivity contribution in [2.24, 2.45) is 5.92 Å². The monoisotopic (exact) mass is 382 g/mol. The average Bonchev–Trinajstić information content (AvgIpc) is 3.22. The Kier molecular flexibility index (Phi) is 5.07. The molecule has 0 aromatic carbocycles. The van der Waals surface area contributed by atoms with Gasteiger partial charge in [0.25, 0.3) is 0 Å². The molecule has 0 unspecified atom stereocenters. The van der Waals surface area contributed by atoms with Gasteiger partial charge in [-0.1, -0.05) is 11.2 Å². The molecule has 1 N–H and O–H groups in total. The Morgan fingerprint density at radius 1 is 1.48 bits per heavy atom. The zero-order valence-electron chi connectivity index (χ0n) is 13.6. The van der Waals surface area contributed by atoms with Crippen LogP contribution in [0, 0.1) is 12.8 Å². The number of hydrogen-bond acceptors (Lipinski definition) is 6. The lowest BCUT2D eigenvalue weighted by molar-refractivity contribution is -0.142. The molecule has 0 saturated carbocycles. The van der Waals surface area contributed by atoms with Crippen molar-refractivity contribution < 1.29 is 22.8 Å². The largest absolute Gasteiger partial charge is 0.481 e. The fourth-order valence-corrected chi connectivity index (χ4v) is 5.23. The molecule has 1 atom stereocenters. The number of carboxylic acid groups (broad SMARTS) is 1. The summed E-state index contributed by atoms with van der Waals surface area (Å²) in [6, 6.07) is 3.80. The van der Waals surface area contributed by atoms with Gasteiger partial charge in [0.05, 0.1) is 5.92 Å². The fraction of sp³-hybridized carbons (Fsp3) is 0.375. The van der Waals surface area contributed by atoms with Crippen molar-refractivity contribution >= 4 is 39.5 Å². The molecule has 3 rings (SSSR count). The molecule has 2 aromatic heterocycles. The van der Waals surface area contributed by atoms with Crippen molar-refractivity contribution in [3.05, 3.63) is 33.8 Å². The third kappa shape index (κ3) is 3.68. The molecule has 134 valence electrons. The second-order valence-electron chi connectivity index (χ2n) is 5.85. The van der Waals surface area contributed by atoms with Gasteiger partial charge in [0.15, 0.2) is 10.7 Å². The first-order valence-electron chi connectivity index (χ1n) is 7.80. The number of carboxylic acids is 1.